The number of sulfonamides is 1. The third-order valence-corrected chi connectivity index (χ3v) is 13.1. The van der Waals surface area contributed by atoms with Crippen molar-refractivity contribution >= 4 is 44.9 Å². The maximum Gasteiger partial charge on any atom is 0.253 e. The molecule has 15 heteroatoms. The number of nitrogens with zero attached hydrogens (tertiary/aromatic N) is 5. The summed E-state index contributed by atoms with van der Waals surface area (Å²) in [5.41, 5.74) is 9.60. The van der Waals surface area contributed by atoms with Gasteiger partial charge in [-0.25, -0.2) is 17.7 Å². The van der Waals surface area contributed by atoms with Crippen molar-refractivity contribution in [1.29, 1.82) is 0 Å². The Morgan fingerprint density at radius 3 is 2.07 bits per heavy atom. The molecule has 5 N–H and O–H groups in total. The molecule has 4 saturated heterocycles. The third-order valence-electron chi connectivity index (χ3n) is 11.8. The van der Waals surface area contributed by atoms with E-state index in [9.17, 15) is 22.8 Å². The van der Waals surface area contributed by atoms with Crippen LogP contribution in [0.1, 0.15) is 88.1 Å². The van der Waals surface area contributed by atoms with Gasteiger partial charge in [-0.1, -0.05) is 12.1 Å². The summed E-state index contributed by atoms with van der Waals surface area (Å²) in [6.07, 6.45) is 7.51. The van der Waals surface area contributed by atoms with Crippen molar-refractivity contribution < 1.29 is 22.8 Å². The van der Waals surface area contributed by atoms with Crippen molar-refractivity contribution in [3.8, 4) is 0 Å². The second-order valence-electron chi connectivity index (χ2n) is 15.6. The van der Waals surface area contributed by atoms with Crippen LogP contribution in [0.5, 0.6) is 0 Å². The van der Waals surface area contributed by atoms with E-state index in [0.29, 0.717) is 42.7 Å². The molecule has 3 aromatic rings. The molecule has 4 fully saturated rings. The van der Waals surface area contributed by atoms with Crippen LogP contribution in [0.2, 0.25) is 0 Å². The van der Waals surface area contributed by atoms with Crippen LogP contribution >= 0.6 is 0 Å². The molecule has 4 aliphatic rings. The number of rotatable bonds is 11. The molecule has 3 atom stereocenters. The van der Waals surface area contributed by atoms with Crippen LogP contribution < -0.4 is 31.5 Å². The van der Waals surface area contributed by atoms with Crippen LogP contribution in [0.15, 0.2) is 60.8 Å². The van der Waals surface area contributed by atoms with Gasteiger partial charge in [-0.3, -0.25) is 14.4 Å². The number of piperidine rings is 2. The van der Waals surface area contributed by atoms with Crippen LogP contribution in [0.4, 0.5) is 17.2 Å². The van der Waals surface area contributed by atoms with Gasteiger partial charge in [0.15, 0.2) is 0 Å². The van der Waals surface area contributed by atoms with Crippen molar-refractivity contribution in [3.05, 3.63) is 83.0 Å². The van der Waals surface area contributed by atoms with E-state index in [1.54, 1.807) is 24.4 Å². The molecule has 0 aliphatic carbocycles. The molecule has 1 aromatic heterocycles. The van der Waals surface area contributed by atoms with Gasteiger partial charge in [0.05, 0.1) is 23.4 Å². The van der Waals surface area contributed by atoms with Crippen LogP contribution in [0.3, 0.4) is 0 Å². The first-order chi connectivity index (χ1) is 26.3. The molecule has 2 aromatic carbocycles. The van der Waals surface area contributed by atoms with Crippen molar-refractivity contribution in [2.24, 2.45) is 5.73 Å². The minimum atomic E-state index is -3.26. The quantitative estimate of drug-likeness (QED) is 0.227. The van der Waals surface area contributed by atoms with E-state index in [0.717, 1.165) is 63.2 Å². The van der Waals surface area contributed by atoms with Crippen LogP contribution in [-0.4, -0.2) is 117 Å². The lowest BCUT2D eigenvalue weighted by molar-refractivity contribution is 0.0922. The van der Waals surface area contributed by atoms with Crippen molar-refractivity contribution in [2.75, 3.05) is 67.7 Å². The number of likely N-dealkylation sites (N-methyl/N-ethyl adjacent to an activating group) is 1. The minimum Gasteiger partial charge on any atom is -0.382 e. The number of aromatic nitrogens is 1. The van der Waals surface area contributed by atoms with Gasteiger partial charge in [0, 0.05) is 86.6 Å². The summed E-state index contributed by atoms with van der Waals surface area (Å²) in [5, 5.41) is 9.69. The number of hydrogen-bond acceptors (Lipinski definition) is 10. The predicted molar refractivity (Wildman–Crippen MR) is 214 cm³/mol. The van der Waals surface area contributed by atoms with Gasteiger partial charge in [-0.05, 0) is 101 Å². The number of nitrogens with one attached hydrogen (secondary N) is 3. The number of benzene rings is 2. The fourth-order valence-corrected chi connectivity index (χ4v) is 9.46. The van der Waals surface area contributed by atoms with E-state index in [1.165, 1.54) is 16.2 Å². The lowest BCUT2D eigenvalue weighted by atomic mass is 9.96. The standard InChI is InChI=1S/C40H53N9O5S/c1-26(27-4-8-32(9-5-27)47-20-18-46(2)19-21-47)43-40(52)29-7-13-37(42-25-29)49-33-10-11-34(49)24-31(23-33)45-39(51)28-6-12-35(38(41)50)36(22-28)44-30-14-16-48(17-15-30)55(3,53)54/h4-9,12-13,22,25-26,30-31,33-34,44H,10-11,14-21,23-24H2,1-3H3,(H2,41,50)(H,43,52)(H,45,51)/t26-,31?,33?,34?/m0/s1. The molecule has 294 valence electrons. The Balaban J connectivity index is 0.926. The summed E-state index contributed by atoms with van der Waals surface area (Å²) >= 11 is 0. The number of hydrogen-bond donors (Lipinski definition) is 4. The van der Waals surface area contributed by atoms with Crippen LogP contribution in [-0.2, 0) is 10.0 Å². The Morgan fingerprint density at radius 2 is 1.47 bits per heavy atom. The maximum absolute atomic E-state index is 13.5. The Morgan fingerprint density at radius 1 is 0.818 bits per heavy atom. The highest BCUT2D eigenvalue weighted by Crippen LogP contribution is 2.39. The molecule has 14 nitrogen and oxygen atoms in total. The van der Waals surface area contributed by atoms with Crippen LogP contribution in [0.25, 0.3) is 0 Å². The molecule has 55 heavy (non-hydrogen) atoms. The number of primary amides is 1. The Kier molecular flexibility index (Phi) is 11.3. The molecular weight excluding hydrogens is 719 g/mol. The van der Waals surface area contributed by atoms with Crippen molar-refractivity contribution in [2.45, 2.75) is 75.7 Å². The SMILES string of the molecule is C[C@H](NC(=O)c1ccc(N2C3CCC2CC(NC(=O)c2ccc(C(N)=O)c(NC4CCN(S(C)(=O)=O)CC4)c2)C3)nc1)c1ccc(N2CCN(C)CC2)cc1. The first-order valence-corrected chi connectivity index (χ1v) is 21.2. The summed E-state index contributed by atoms with van der Waals surface area (Å²) in [4.78, 5) is 50.8. The largest absolute Gasteiger partial charge is 0.382 e. The predicted octanol–water partition coefficient (Wildman–Crippen LogP) is 3.19. The zero-order valence-electron chi connectivity index (χ0n) is 31.9. The molecule has 0 spiro atoms. The number of carbonyl (C=O) groups is 3. The van der Waals surface area contributed by atoms with Gasteiger partial charge in [0.25, 0.3) is 17.7 Å². The lowest BCUT2D eigenvalue weighted by Crippen LogP contribution is -2.50. The highest BCUT2D eigenvalue weighted by Gasteiger charge is 2.42. The fourth-order valence-electron chi connectivity index (χ4n) is 8.58. The van der Waals surface area contributed by atoms with Crippen molar-refractivity contribution in [1.82, 2.24) is 24.8 Å². The van der Waals surface area contributed by atoms with E-state index >= 15 is 0 Å². The van der Waals surface area contributed by atoms with E-state index in [1.807, 2.05) is 19.1 Å². The zero-order valence-corrected chi connectivity index (χ0v) is 32.7. The highest BCUT2D eigenvalue weighted by molar-refractivity contribution is 7.88. The average molecular weight is 772 g/mol. The summed E-state index contributed by atoms with van der Waals surface area (Å²) in [7, 11) is -1.11. The molecule has 4 aliphatic heterocycles. The van der Waals surface area contributed by atoms with Gasteiger partial charge >= 0.3 is 0 Å². The van der Waals surface area contributed by atoms with E-state index in [2.05, 4.69) is 62.0 Å². The van der Waals surface area contributed by atoms with Gasteiger partial charge in [0.2, 0.25) is 10.0 Å². The van der Waals surface area contributed by atoms with E-state index < -0.39 is 15.9 Å². The molecular formula is C40H53N9O5S. The maximum atomic E-state index is 13.5. The van der Waals surface area contributed by atoms with Crippen molar-refractivity contribution in [3.63, 3.8) is 0 Å². The van der Waals surface area contributed by atoms with Gasteiger partial charge in [-0.2, -0.15) is 0 Å². The summed E-state index contributed by atoms with van der Waals surface area (Å²) < 4.78 is 25.3. The third kappa shape index (κ3) is 8.89. The smallest absolute Gasteiger partial charge is 0.253 e. The topological polar surface area (TPSA) is 173 Å². The first kappa shape index (κ1) is 38.5. The van der Waals surface area contributed by atoms with Gasteiger partial charge in [-0.15, -0.1) is 0 Å². The minimum absolute atomic E-state index is 0.0315. The molecule has 5 heterocycles. The molecule has 0 radical (unpaired) electrons. The Bertz CT molecular complexity index is 1960. The first-order valence-electron chi connectivity index (χ1n) is 19.4. The van der Waals surface area contributed by atoms with Gasteiger partial charge in [0.1, 0.15) is 5.82 Å². The normalized spacial score (nSPS) is 22.9. The number of pyridine rings is 1. The lowest BCUT2D eigenvalue weighted by Gasteiger charge is -2.40. The summed E-state index contributed by atoms with van der Waals surface area (Å²) in [6.45, 7) is 6.88. The number of carbonyl (C=O) groups excluding carboxylic acids is 3. The second kappa shape index (κ2) is 16.2. The van der Waals surface area contributed by atoms with E-state index in [4.69, 9.17) is 10.7 Å². The molecule has 2 unspecified atom stereocenters. The number of anilines is 3. The molecule has 3 amide bonds. The number of nitrogens with two attached hydrogens (primary N) is 1. The highest BCUT2D eigenvalue weighted by atomic mass is 32.2. The Hall–Kier alpha value is -4.73. The number of fused-ring (bicyclic) bond motifs is 2. The Labute approximate surface area is 323 Å². The zero-order chi connectivity index (χ0) is 38.9. The van der Waals surface area contributed by atoms with E-state index in [-0.39, 0.29) is 47.6 Å². The number of amides is 3. The molecule has 7 rings (SSSR count). The molecule has 2 bridgehead atoms. The average Bonchev–Trinajstić information content (AvgIpc) is 3.44. The summed E-state index contributed by atoms with van der Waals surface area (Å²) in [5.74, 6) is -0.163. The number of piperazine rings is 1. The second-order valence-corrected chi connectivity index (χ2v) is 17.6. The van der Waals surface area contributed by atoms with Crippen LogP contribution in [0, 0.1) is 0 Å². The summed E-state index contributed by atoms with van der Waals surface area (Å²) in [6, 6.07) is 17.2. The van der Waals surface area contributed by atoms with Gasteiger partial charge < -0.3 is 36.4 Å². The fraction of sp³-hybridized carbons (Fsp3) is 0.500. The monoisotopic (exact) mass is 771 g/mol. The molecule has 0 saturated carbocycles.